The molecule has 14 heavy (non-hydrogen) atoms. The SMILES string of the molecule is Cc1ccc(CC(O)C(C)O)cc1C. The molecule has 0 radical (unpaired) electrons. The van der Waals surface area contributed by atoms with Crippen LogP contribution < -0.4 is 0 Å². The van der Waals surface area contributed by atoms with Gasteiger partial charge in [-0.15, -0.1) is 0 Å². The van der Waals surface area contributed by atoms with Gasteiger partial charge in [-0.1, -0.05) is 18.2 Å². The molecule has 0 saturated heterocycles. The molecule has 0 heterocycles. The minimum Gasteiger partial charge on any atom is -0.391 e. The van der Waals surface area contributed by atoms with Crippen LogP contribution in [-0.4, -0.2) is 22.4 Å². The summed E-state index contributed by atoms with van der Waals surface area (Å²) >= 11 is 0. The molecule has 1 rings (SSSR count). The molecule has 0 aliphatic carbocycles. The molecule has 2 heteroatoms. The molecule has 2 unspecified atom stereocenters. The van der Waals surface area contributed by atoms with Gasteiger partial charge in [0.2, 0.25) is 0 Å². The quantitative estimate of drug-likeness (QED) is 0.767. The van der Waals surface area contributed by atoms with Crippen LogP contribution >= 0.6 is 0 Å². The smallest absolute Gasteiger partial charge is 0.0836 e. The van der Waals surface area contributed by atoms with Gasteiger partial charge in [-0.05, 0) is 37.5 Å². The number of hydrogen-bond acceptors (Lipinski definition) is 2. The van der Waals surface area contributed by atoms with Crippen molar-refractivity contribution >= 4 is 0 Å². The van der Waals surface area contributed by atoms with E-state index in [2.05, 4.69) is 13.0 Å². The molecule has 0 amide bonds. The maximum atomic E-state index is 9.49. The van der Waals surface area contributed by atoms with E-state index in [1.807, 2.05) is 19.1 Å². The third kappa shape index (κ3) is 2.82. The highest BCUT2D eigenvalue weighted by Gasteiger charge is 2.11. The first-order chi connectivity index (χ1) is 6.50. The van der Waals surface area contributed by atoms with Crippen LogP contribution in [0.3, 0.4) is 0 Å². The monoisotopic (exact) mass is 194 g/mol. The highest BCUT2D eigenvalue weighted by molar-refractivity contribution is 5.30. The maximum Gasteiger partial charge on any atom is 0.0836 e. The molecule has 2 N–H and O–H groups in total. The summed E-state index contributed by atoms with van der Waals surface area (Å²) in [5, 5.41) is 18.6. The van der Waals surface area contributed by atoms with E-state index in [1.54, 1.807) is 6.92 Å². The van der Waals surface area contributed by atoms with Gasteiger partial charge in [-0.25, -0.2) is 0 Å². The first kappa shape index (κ1) is 11.2. The van der Waals surface area contributed by atoms with E-state index in [0.29, 0.717) is 6.42 Å². The minimum atomic E-state index is -0.670. The summed E-state index contributed by atoms with van der Waals surface area (Å²) < 4.78 is 0. The van der Waals surface area contributed by atoms with Gasteiger partial charge in [0.05, 0.1) is 12.2 Å². The van der Waals surface area contributed by atoms with E-state index < -0.39 is 12.2 Å². The lowest BCUT2D eigenvalue weighted by Crippen LogP contribution is -2.24. The van der Waals surface area contributed by atoms with Gasteiger partial charge < -0.3 is 10.2 Å². The van der Waals surface area contributed by atoms with Crippen molar-refractivity contribution in [2.75, 3.05) is 0 Å². The molecular weight excluding hydrogens is 176 g/mol. The first-order valence-electron chi connectivity index (χ1n) is 4.93. The first-order valence-corrected chi connectivity index (χ1v) is 4.93. The van der Waals surface area contributed by atoms with E-state index in [9.17, 15) is 5.11 Å². The van der Waals surface area contributed by atoms with Gasteiger partial charge in [-0.2, -0.15) is 0 Å². The van der Waals surface area contributed by atoms with Crippen LogP contribution in [0.4, 0.5) is 0 Å². The third-order valence-corrected chi connectivity index (χ3v) is 2.57. The Labute approximate surface area is 85.2 Å². The fourth-order valence-electron chi connectivity index (χ4n) is 1.34. The van der Waals surface area contributed by atoms with Gasteiger partial charge in [0.1, 0.15) is 0 Å². The molecule has 1 aromatic carbocycles. The molecule has 0 fully saturated rings. The molecule has 2 atom stereocenters. The Kier molecular flexibility index (Phi) is 3.67. The topological polar surface area (TPSA) is 40.5 Å². The Bertz CT molecular complexity index is 305. The van der Waals surface area contributed by atoms with E-state index >= 15 is 0 Å². The van der Waals surface area contributed by atoms with E-state index in [-0.39, 0.29) is 0 Å². The van der Waals surface area contributed by atoms with Crippen LogP contribution in [0.25, 0.3) is 0 Å². The maximum absolute atomic E-state index is 9.49. The van der Waals surface area contributed by atoms with Crippen molar-refractivity contribution in [3.05, 3.63) is 34.9 Å². The Hall–Kier alpha value is -0.860. The van der Waals surface area contributed by atoms with Crippen molar-refractivity contribution < 1.29 is 10.2 Å². The van der Waals surface area contributed by atoms with E-state index in [1.165, 1.54) is 11.1 Å². The number of rotatable bonds is 3. The highest BCUT2D eigenvalue weighted by Crippen LogP contribution is 2.12. The average Bonchev–Trinajstić information content (AvgIpc) is 2.11. The summed E-state index contributed by atoms with van der Waals surface area (Å²) in [5.41, 5.74) is 3.54. The average molecular weight is 194 g/mol. The molecule has 0 saturated carbocycles. The second kappa shape index (κ2) is 4.58. The van der Waals surface area contributed by atoms with Crippen LogP contribution in [0, 0.1) is 13.8 Å². The molecule has 0 aliphatic rings. The summed E-state index contributed by atoms with van der Waals surface area (Å²) in [5.74, 6) is 0. The third-order valence-electron chi connectivity index (χ3n) is 2.57. The lowest BCUT2D eigenvalue weighted by Gasteiger charge is -2.14. The van der Waals surface area contributed by atoms with Crippen molar-refractivity contribution in [3.8, 4) is 0 Å². The second-order valence-corrected chi connectivity index (χ2v) is 3.93. The van der Waals surface area contributed by atoms with Crippen LogP contribution in [-0.2, 0) is 6.42 Å². The number of aryl methyl sites for hydroxylation is 2. The van der Waals surface area contributed by atoms with Crippen molar-refractivity contribution in [1.82, 2.24) is 0 Å². The highest BCUT2D eigenvalue weighted by atomic mass is 16.3. The van der Waals surface area contributed by atoms with Gasteiger partial charge in [-0.3, -0.25) is 0 Å². The Morgan fingerprint density at radius 2 is 1.79 bits per heavy atom. The lowest BCUT2D eigenvalue weighted by molar-refractivity contribution is 0.0319. The van der Waals surface area contributed by atoms with Crippen molar-refractivity contribution in [3.63, 3.8) is 0 Å². The van der Waals surface area contributed by atoms with Gasteiger partial charge in [0.15, 0.2) is 0 Å². The second-order valence-electron chi connectivity index (χ2n) is 3.93. The van der Waals surface area contributed by atoms with Crippen molar-refractivity contribution in [2.45, 2.75) is 39.4 Å². The predicted octanol–water partition coefficient (Wildman–Crippen LogP) is 1.59. The number of aliphatic hydroxyl groups excluding tert-OH is 2. The molecule has 0 bridgehead atoms. The standard InChI is InChI=1S/C12H18O2/c1-8-4-5-11(6-9(8)2)7-12(14)10(3)13/h4-6,10,12-14H,7H2,1-3H3. The van der Waals surface area contributed by atoms with Crippen LogP contribution in [0.15, 0.2) is 18.2 Å². The van der Waals surface area contributed by atoms with Gasteiger partial charge in [0.25, 0.3) is 0 Å². The van der Waals surface area contributed by atoms with E-state index in [4.69, 9.17) is 5.11 Å². The zero-order valence-corrected chi connectivity index (χ0v) is 8.99. The molecule has 2 nitrogen and oxygen atoms in total. The number of benzene rings is 1. The summed E-state index contributed by atoms with van der Waals surface area (Å²) in [6.07, 6.45) is -0.826. The largest absolute Gasteiger partial charge is 0.391 e. The fraction of sp³-hybridized carbons (Fsp3) is 0.500. The van der Waals surface area contributed by atoms with Crippen molar-refractivity contribution in [2.24, 2.45) is 0 Å². The summed E-state index contributed by atoms with van der Waals surface area (Å²) in [6.45, 7) is 5.71. The molecule has 78 valence electrons. The zero-order valence-electron chi connectivity index (χ0n) is 8.99. The fourth-order valence-corrected chi connectivity index (χ4v) is 1.34. The van der Waals surface area contributed by atoms with Crippen LogP contribution in [0.5, 0.6) is 0 Å². The zero-order chi connectivity index (χ0) is 10.7. The lowest BCUT2D eigenvalue weighted by atomic mass is 10.0. The molecule has 0 aromatic heterocycles. The summed E-state index contributed by atoms with van der Waals surface area (Å²) in [4.78, 5) is 0. The van der Waals surface area contributed by atoms with Crippen molar-refractivity contribution in [1.29, 1.82) is 0 Å². The molecule has 0 spiro atoms. The normalized spacial score (nSPS) is 15.2. The summed E-state index contributed by atoms with van der Waals surface area (Å²) in [7, 11) is 0. The van der Waals surface area contributed by atoms with Crippen LogP contribution in [0.2, 0.25) is 0 Å². The summed E-state index contributed by atoms with van der Waals surface area (Å²) in [6, 6.07) is 6.09. The number of aliphatic hydroxyl groups is 2. The van der Waals surface area contributed by atoms with Crippen LogP contribution in [0.1, 0.15) is 23.6 Å². The van der Waals surface area contributed by atoms with Gasteiger partial charge >= 0.3 is 0 Å². The van der Waals surface area contributed by atoms with Gasteiger partial charge in [0, 0.05) is 6.42 Å². The Morgan fingerprint density at radius 1 is 1.14 bits per heavy atom. The molecule has 0 aliphatic heterocycles. The van der Waals surface area contributed by atoms with E-state index in [0.717, 1.165) is 5.56 Å². The Balaban J connectivity index is 2.73. The Morgan fingerprint density at radius 3 is 2.29 bits per heavy atom. The minimum absolute atomic E-state index is 0.513. The molecular formula is C12H18O2. The number of hydrogen-bond donors (Lipinski definition) is 2. The predicted molar refractivity (Wildman–Crippen MR) is 57.3 cm³/mol. The molecule has 1 aromatic rings.